The molecule has 4 nitrogen and oxygen atoms in total. The Morgan fingerprint density at radius 2 is 1.90 bits per heavy atom. The fraction of sp³-hybridized carbons (Fsp3) is 0.529. The summed E-state index contributed by atoms with van der Waals surface area (Å²) in [6, 6.07) is 8.69. The Morgan fingerprint density at radius 3 is 2.71 bits per heavy atom. The van der Waals surface area contributed by atoms with Gasteiger partial charge in [0, 0.05) is 18.5 Å². The molecule has 3 unspecified atom stereocenters. The summed E-state index contributed by atoms with van der Waals surface area (Å²) in [4.78, 5) is 9.16. The third-order valence-corrected chi connectivity index (χ3v) is 4.86. The minimum Gasteiger partial charge on any atom is -0.366 e. The molecule has 4 heteroatoms. The molecule has 2 aromatic rings. The number of nitrogens with one attached hydrogen (secondary N) is 2. The molecule has 1 aromatic heterocycles. The lowest BCUT2D eigenvalue weighted by Gasteiger charge is -2.35. The molecule has 1 aliphatic carbocycles. The van der Waals surface area contributed by atoms with Gasteiger partial charge >= 0.3 is 0 Å². The molecule has 0 spiro atoms. The van der Waals surface area contributed by atoms with Crippen LogP contribution in [0.4, 0.5) is 11.8 Å². The average molecular weight is 284 g/mol. The fourth-order valence-electron chi connectivity index (χ4n) is 3.26. The van der Waals surface area contributed by atoms with Crippen molar-refractivity contribution in [3.8, 4) is 0 Å². The molecule has 0 radical (unpaired) electrons. The van der Waals surface area contributed by atoms with Crippen molar-refractivity contribution in [2.24, 2.45) is 11.8 Å². The van der Waals surface area contributed by atoms with Crippen LogP contribution in [0.25, 0.3) is 10.9 Å². The van der Waals surface area contributed by atoms with Crippen molar-refractivity contribution in [1.82, 2.24) is 9.97 Å². The maximum atomic E-state index is 4.64. The number of hydrogen-bond donors (Lipinski definition) is 2. The Hall–Kier alpha value is -1.84. The molecule has 0 aliphatic heterocycles. The predicted molar refractivity (Wildman–Crippen MR) is 88.7 cm³/mol. The molecule has 112 valence electrons. The van der Waals surface area contributed by atoms with Gasteiger partial charge in [0.1, 0.15) is 5.82 Å². The summed E-state index contributed by atoms with van der Waals surface area (Å²) in [7, 11) is 1.86. The highest BCUT2D eigenvalue weighted by molar-refractivity contribution is 5.90. The van der Waals surface area contributed by atoms with Crippen LogP contribution in [0.3, 0.4) is 0 Å². The van der Waals surface area contributed by atoms with E-state index in [2.05, 4.69) is 40.5 Å². The zero-order valence-electron chi connectivity index (χ0n) is 13.1. The normalized spacial score (nSPS) is 25.8. The van der Waals surface area contributed by atoms with E-state index in [1.165, 1.54) is 19.3 Å². The van der Waals surface area contributed by atoms with Crippen LogP contribution in [-0.4, -0.2) is 23.1 Å². The third kappa shape index (κ3) is 2.80. The maximum Gasteiger partial charge on any atom is 0.224 e. The Labute approximate surface area is 126 Å². The van der Waals surface area contributed by atoms with Crippen LogP contribution in [0.15, 0.2) is 24.3 Å². The van der Waals surface area contributed by atoms with E-state index in [4.69, 9.17) is 0 Å². The summed E-state index contributed by atoms with van der Waals surface area (Å²) in [5, 5.41) is 7.84. The number of anilines is 2. The summed E-state index contributed by atoms with van der Waals surface area (Å²) in [5.41, 5.74) is 0.982. The first-order valence-corrected chi connectivity index (χ1v) is 7.90. The maximum absolute atomic E-state index is 4.64. The van der Waals surface area contributed by atoms with Gasteiger partial charge in [-0.1, -0.05) is 38.8 Å². The SMILES string of the molecule is CNc1nc(NC2CCCC(C)C2C)c2ccccc2n1. The van der Waals surface area contributed by atoms with Crippen molar-refractivity contribution in [2.75, 3.05) is 17.7 Å². The molecular formula is C17H24N4. The van der Waals surface area contributed by atoms with Gasteiger partial charge in [-0.25, -0.2) is 4.98 Å². The second kappa shape index (κ2) is 5.88. The largest absolute Gasteiger partial charge is 0.366 e. The summed E-state index contributed by atoms with van der Waals surface area (Å²) >= 11 is 0. The molecule has 0 bridgehead atoms. The molecule has 1 fully saturated rings. The van der Waals surface area contributed by atoms with Crippen LogP contribution in [0.2, 0.25) is 0 Å². The van der Waals surface area contributed by atoms with E-state index >= 15 is 0 Å². The molecule has 3 rings (SSSR count). The van der Waals surface area contributed by atoms with E-state index in [9.17, 15) is 0 Å². The lowest BCUT2D eigenvalue weighted by atomic mass is 9.78. The molecule has 0 saturated heterocycles. The predicted octanol–water partition coefficient (Wildman–Crippen LogP) is 3.91. The second-order valence-corrected chi connectivity index (χ2v) is 6.18. The Bertz CT molecular complexity index is 625. The summed E-state index contributed by atoms with van der Waals surface area (Å²) in [5.74, 6) is 3.07. The van der Waals surface area contributed by atoms with Gasteiger partial charge in [0.25, 0.3) is 0 Å². The van der Waals surface area contributed by atoms with Gasteiger partial charge in [0.05, 0.1) is 5.52 Å². The summed E-state index contributed by atoms with van der Waals surface area (Å²) in [6.07, 6.45) is 3.86. The molecule has 21 heavy (non-hydrogen) atoms. The number of rotatable bonds is 3. The molecule has 1 aromatic carbocycles. The van der Waals surface area contributed by atoms with Gasteiger partial charge in [-0.05, 0) is 30.4 Å². The molecule has 1 aliphatic rings. The van der Waals surface area contributed by atoms with Gasteiger partial charge in [0.2, 0.25) is 5.95 Å². The van der Waals surface area contributed by atoms with Crippen LogP contribution in [0.1, 0.15) is 33.1 Å². The standard InChI is InChI=1S/C17H24N4/c1-11-7-6-10-14(12(11)2)19-16-13-8-4-5-9-15(13)20-17(18-3)21-16/h4-5,8-9,11-12,14H,6-7,10H2,1-3H3,(H2,18,19,20,21). The Balaban J connectivity index is 1.95. The molecule has 1 heterocycles. The van der Waals surface area contributed by atoms with Crippen molar-refractivity contribution >= 4 is 22.7 Å². The number of para-hydroxylation sites is 1. The van der Waals surface area contributed by atoms with E-state index in [0.717, 1.165) is 22.6 Å². The molecule has 1 saturated carbocycles. The lowest BCUT2D eigenvalue weighted by molar-refractivity contribution is 0.253. The Kier molecular flexibility index (Phi) is 3.95. The van der Waals surface area contributed by atoms with Crippen LogP contribution in [-0.2, 0) is 0 Å². The smallest absolute Gasteiger partial charge is 0.224 e. The van der Waals surface area contributed by atoms with Gasteiger partial charge < -0.3 is 10.6 Å². The topological polar surface area (TPSA) is 49.8 Å². The van der Waals surface area contributed by atoms with E-state index in [-0.39, 0.29) is 0 Å². The number of benzene rings is 1. The van der Waals surface area contributed by atoms with Crippen molar-refractivity contribution in [3.05, 3.63) is 24.3 Å². The molecule has 2 N–H and O–H groups in total. The quantitative estimate of drug-likeness (QED) is 0.897. The monoisotopic (exact) mass is 284 g/mol. The van der Waals surface area contributed by atoms with Crippen molar-refractivity contribution in [3.63, 3.8) is 0 Å². The van der Waals surface area contributed by atoms with Crippen LogP contribution in [0.5, 0.6) is 0 Å². The second-order valence-electron chi connectivity index (χ2n) is 6.18. The molecule has 0 amide bonds. The lowest BCUT2D eigenvalue weighted by Crippen LogP contribution is -2.35. The van der Waals surface area contributed by atoms with E-state index in [0.29, 0.717) is 17.9 Å². The zero-order chi connectivity index (χ0) is 14.8. The van der Waals surface area contributed by atoms with Gasteiger partial charge in [-0.15, -0.1) is 0 Å². The van der Waals surface area contributed by atoms with Crippen LogP contribution >= 0.6 is 0 Å². The van der Waals surface area contributed by atoms with Gasteiger partial charge in [-0.2, -0.15) is 4.98 Å². The van der Waals surface area contributed by atoms with E-state index in [1.807, 2.05) is 25.2 Å². The van der Waals surface area contributed by atoms with E-state index in [1.54, 1.807) is 0 Å². The number of hydrogen-bond acceptors (Lipinski definition) is 4. The highest BCUT2D eigenvalue weighted by Crippen LogP contribution is 2.32. The Morgan fingerprint density at radius 1 is 1.10 bits per heavy atom. The number of aromatic nitrogens is 2. The third-order valence-electron chi connectivity index (χ3n) is 4.86. The van der Waals surface area contributed by atoms with Gasteiger partial charge in [-0.3, -0.25) is 0 Å². The highest BCUT2D eigenvalue weighted by atomic mass is 15.1. The number of nitrogens with zero attached hydrogens (tertiary/aromatic N) is 2. The molecule has 3 atom stereocenters. The van der Waals surface area contributed by atoms with Crippen LogP contribution in [0, 0.1) is 11.8 Å². The number of fused-ring (bicyclic) bond motifs is 1. The minimum absolute atomic E-state index is 0.497. The highest BCUT2D eigenvalue weighted by Gasteiger charge is 2.27. The first-order chi connectivity index (χ1) is 10.2. The summed E-state index contributed by atoms with van der Waals surface area (Å²) < 4.78 is 0. The first-order valence-electron chi connectivity index (χ1n) is 7.90. The van der Waals surface area contributed by atoms with Crippen molar-refractivity contribution in [1.29, 1.82) is 0 Å². The van der Waals surface area contributed by atoms with Crippen LogP contribution < -0.4 is 10.6 Å². The minimum atomic E-state index is 0.497. The fourth-order valence-corrected chi connectivity index (χ4v) is 3.26. The zero-order valence-corrected chi connectivity index (χ0v) is 13.1. The average Bonchev–Trinajstić information content (AvgIpc) is 2.51. The van der Waals surface area contributed by atoms with Crippen molar-refractivity contribution < 1.29 is 0 Å². The van der Waals surface area contributed by atoms with E-state index < -0.39 is 0 Å². The summed E-state index contributed by atoms with van der Waals surface area (Å²) in [6.45, 7) is 4.71. The molecular weight excluding hydrogens is 260 g/mol. The van der Waals surface area contributed by atoms with Crippen molar-refractivity contribution in [2.45, 2.75) is 39.2 Å². The first kappa shape index (κ1) is 14.1. The van der Waals surface area contributed by atoms with Gasteiger partial charge in [0.15, 0.2) is 0 Å².